The highest BCUT2D eigenvalue weighted by molar-refractivity contribution is 5.89. The summed E-state index contributed by atoms with van der Waals surface area (Å²) in [6.07, 6.45) is 3.44. The third kappa shape index (κ3) is 3.60. The number of nitrogens with zero attached hydrogens (tertiary/aromatic N) is 1. The van der Waals surface area contributed by atoms with E-state index in [4.69, 9.17) is 9.47 Å². The monoisotopic (exact) mass is 319 g/mol. The van der Waals surface area contributed by atoms with Crippen LogP contribution in [0.5, 0.6) is 11.5 Å². The number of carbonyl (C=O) groups excluding carboxylic acids is 1. The maximum Gasteiger partial charge on any atom is 0.338 e. The van der Waals surface area contributed by atoms with Crippen molar-refractivity contribution in [2.45, 2.75) is 6.92 Å². The molecular formula is C20H17NO3. The first-order valence-electron chi connectivity index (χ1n) is 7.72. The largest absolute Gasteiger partial charge is 0.462 e. The molecule has 0 spiro atoms. The molecule has 120 valence electrons. The highest BCUT2D eigenvalue weighted by Gasteiger charge is 2.10. The minimum absolute atomic E-state index is 0.340. The molecule has 0 aliphatic heterocycles. The molecule has 0 unspecified atom stereocenters. The van der Waals surface area contributed by atoms with Gasteiger partial charge in [0.2, 0.25) is 0 Å². The van der Waals surface area contributed by atoms with Gasteiger partial charge >= 0.3 is 5.97 Å². The smallest absolute Gasteiger partial charge is 0.338 e. The zero-order valence-corrected chi connectivity index (χ0v) is 13.3. The summed E-state index contributed by atoms with van der Waals surface area (Å²) in [6.45, 7) is 2.12. The van der Waals surface area contributed by atoms with E-state index < -0.39 is 0 Å². The van der Waals surface area contributed by atoms with Crippen LogP contribution < -0.4 is 4.74 Å². The molecule has 4 nitrogen and oxygen atoms in total. The molecule has 0 saturated carbocycles. The quantitative estimate of drug-likeness (QED) is 0.639. The molecule has 0 aliphatic rings. The summed E-state index contributed by atoms with van der Waals surface area (Å²) >= 11 is 0. The minimum Gasteiger partial charge on any atom is -0.462 e. The van der Waals surface area contributed by atoms with Gasteiger partial charge in [0.05, 0.1) is 12.2 Å². The molecule has 0 atom stereocenters. The van der Waals surface area contributed by atoms with Gasteiger partial charge in [0.1, 0.15) is 11.5 Å². The lowest BCUT2D eigenvalue weighted by Crippen LogP contribution is -2.04. The number of pyridine rings is 1. The molecule has 0 bridgehead atoms. The molecule has 0 radical (unpaired) electrons. The molecular weight excluding hydrogens is 302 g/mol. The first-order chi connectivity index (χ1) is 11.8. The van der Waals surface area contributed by atoms with E-state index in [1.807, 2.05) is 30.3 Å². The van der Waals surface area contributed by atoms with Crippen molar-refractivity contribution in [2.24, 2.45) is 0 Å². The van der Waals surface area contributed by atoms with Crippen LogP contribution in [0.15, 0.2) is 73.1 Å². The van der Waals surface area contributed by atoms with Crippen LogP contribution in [0.4, 0.5) is 0 Å². The number of carbonyl (C=O) groups is 1. The maximum atomic E-state index is 11.8. The van der Waals surface area contributed by atoms with E-state index in [1.165, 1.54) is 0 Å². The highest BCUT2D eigenvalue weighted by atomic mass is 16.5. The lowest BCUT2D eigenvalue weighted by Gasteiger charge is -2.11. The van der Waals surface area contributed by atoms with Crippen LogP contribution in [-0.2, 0) is 4.74 Å². The zero-order chi connectivity index (χ0) is 16.8. The first-order valence-corrected chi connectivity index (χ1v) is 7.72. The second kappa shape index (κ2) is 7.42. The number of benzene rings is 2. The van der Waals surface area contributed by atoms with Crippen LogP contribution in [0.2, 0.25) is 0 Å². The maximum absolute atomic E-state index is 11.8. The minimum atomic E-state index is -0.360. The van der Waals surface area contributed by atoms with Crippen molar-refractivity contribution < 1.29 is 14.3 Å². The predicted octanol–water partition coefficient (Wildman–Crippen LogP) is 4.72. The lowest BCUT2D eigenvalue weighted by atomic mass is 10.1. The van der Waals surface area contributed by atoms with Crippen molar-refractivity contribution >= 4 is 5.97 Å². The lowest BCUT2D eigenvalue weighted by molar-refractivity contribution is 0.0526. The second-order valence-electron chi connectivity index (χ2n) is 5.09. The Morgan fingerprint density at radius 3 is 2.67 bits per heavy atom. The average Bonchev–Trinajstić information content (AvgIpc) is 2.63. The van der Waals surface area contributed by atoms with E-state index in [-0.39, 0.29) is 5.97 Å². The first kappa shape index (κ1) is 15.7. The predicted molar refractivity (Wildman–Crippen MR) is 92.1 cm³/mol. The van der Waals surface area contributed by atoms with Crippen LogP contribution in [0, 0.1) is 0 Å². The molecule has 1 aromatic heterocycles. The number of ether oxygens (including phenoxy) is 2. The van der Waals surface area contributed by atoms with Crippen LogP contribution in [0.25, 0.3) is 11.1 Å². The second-order valence-corrected chi connectivity index (χ2v) is 5.09. The summed E-state index contributed by atoms with van der Waals surface area (Å²) in [5, 5.41) is 0. The third-order valence-corrected chi connectivity index (χ3v) is 3.44. The van der Waals surface area contributed by atoms with Crippen molar-refractivity contribution in [3.05, 3.63) is 78.6 Å². The SMILES string of the molecule is CCOC(=O)c1cccc(Oc2ccncc2-c2ccccc2)c1. The van der Waals surface area contributed by atoms with Gasteiger partial charge in [0, 0.05) is 18.0 Å². The fourth-order valence-corrected chi connectivity index (χ4v) is 2.33. The van der Waals surface area contributed by atoms with E-state index in [1.54, 1.807) is 49.6 Å². The van der Waals surface area contributed by atoms with E-state index in [0.717, 1.165) is 11.1 Å². The van der Waals surface area contributed by atoms with E-state index in [2.05, 4.69) is 4.98 Å². The molecule has 0 fully saturated rings. The fourth-order valence-electron chi connectivity index (χ4n) is 2.33. The molecule has 24 heavy (non-hydrogen) atoms. The number of esters is 1. The van der Waals surface area contributed by atoms with Crippen LogP contribution in [0.1, 0.15) is 17.3 Å². The van der Waals surface area contributed by atoms with E-state index >= 15 is 0 Å². The van der Waals surface area contributed by atoms with Gasteiger partial charge in [-0.15, -0.1) is 0 Å². The Bertz CT molecular complexity index is 831. The molecule has 3 rings (SSSR count). The van der Waals surface area contributed by atoms with Gasteiger partial charge in [-0.3, -0.25) is 4.98 Å². The van der Waals surface area contributed by atoms with Crippen molar-refractivity contribution in [1.82, 2.24) is 4.98 Å². The van der Waals surface area contributed by atoms with Gasteiger partial charge in [0.25, 0.3) is 0 Å². The molecule has 0 amide bonds. The molecule has 3 aromatic rings. The molecule has 0 saturated heterocycles. The normalized spacial score (nSPS) is 10.2. The zero-order valence-electron chi connectivity index (χ0n) is 13.3. The summed E-state index contributed by atoms with van der Waals surface area (Å²) in [5.74, 6) is 0.891. The Hall–Kier alpha value is -3.14. The summed E-state index contributed by atoms with van der Waals surface area (Å²) in [7, 11) is 0. The van der Waals surface area contributed by atoms with Crippen molar-refractivity contribution in [3.8, 4) is 22.6 Å². The van der Waals surface area contributed by atoms with Crippen molar-refractivity contribution in [3.63, 3.8) is 0 Å². The molecule has 2 aromatic carbocycles. The van der Waals surface area contributed by atoms with Crippen molar-refractivity contribution in [1.29, 1.82) is 0 Å². The molecule has 0 aliphatic carbocycles. The number of hydrogen-bond donors (Lipinski definition) is 0. The number of hydrogen-bond acceptors (Lipinski definition) is 4. The van der Waals surface area contributed by atoms with Crippen molar-refractivity contribution in [2.75, 3.05) is 6.61 Å². The fraction of sp³-hybridized carbons (Fsp3) is 0.100. The molecule has 4 heteroatoms. The Balaban J connectivity index is 1.90. The van der Waals surface area contributed by atoms with Gasteiger partial charge in [0.15, 0.2) is 0 Å². The van der Waals surface area contributed by atoms with Gasteiger partial charge in [-0.25, -0.2) is 4.79 Å². The van der Waals surface area contributed by atoms with Crippen LogP contribution in [-0.4, -0.2) is 17.6 Å². The summed E-state index contributed by atoms with van der Waals surface area (Å²) in [6, 6.07) is 18.6. The van der Waals surface area contributed by atoms with Crippen LogP contribution in [0.3, 0.4) is 0 Å². The summed E-state index contributed by atoms with van der Waals surface area (Å²) in [4.78, 5) is 16.0. The number of aromatic nitrogens is 1. The highest BCUT2D eigenvalue weighted by Crippen LogP contribution is 2.32. The van der Waals surface area contributed by atoms with E-state index in [9.17, 15) is 4.79 Å². The third-order valence-electron chi connectivity index (χ3n) is 3.44. The van der Waals surface area contributed by atoms with E-state index in [0.29, 0.717) is 23.7 Å². The Morgan fingerprint density at radius 1 is 1.04 bits per heavy atom. The average molecular weight is 319 g/mol. The van der Waals surface area contributed by atoms with Gasteiger partial charge in [-0.1, -0.05) is 36.4 Å². The summed E-state index contributed by atoms with van der Waals surface area (Å²) in [5.41, 5.74) is 2.37. The van der Waals surface area contributed by atoms with Gasteiger partial charge in [-0.2, -0.15) is 0 Å². The summed E-state index contributed by atoms with van der Waals surface area (Å²) < 4.78 is 11.0. The van der Waals surface area contributed by atoms with Gasteiger partial charge < -0.3 is 9.47 Å². The van der Waals surface area contributed by atoms with Crippen LogP contribution >= 0.6 is 0 Å². The molecule has 1 heterocycles. The Labute approximate surface area is 140 Å². The van der Waals surface area contributed by atoms with Gasteiger partial charge in [-0.05, 0) is 36.8 Å². The molecule has 0 N–H and O–H groups in total. The Kier molecular flexibility index (Phi) is 4.87. The number of rotatable bonds is 5. The standard InChI is InChI=1S/C20H17NO3/c1-2-23-20(22)16-9-6-10-17(13-16)24-19-11-12-21-14-18(19)15-7-4-3-5-8-15/h3-14H,2H2,1H3. The topological polar surface area (TPSA) is 48.4 Å². The Morgan fingerprint density at radius 2 is 1.88 bits per heavy atom.